The van der Waals surface area contributed by atoms with Gasteiger partial charge in [0.1, 0.15) is 5.76 Å². The van der Waals surface area contributed by atoms with Crippen molar-refractivity contribution in [2.24, 2.45) is 5.92 Å². The summed E-state index contributed by atoms with van der Waals surface area (Å²) in [5, 5.41) is 13.8. The molecule has 4 rings (SSSR count). The Morgan fingerprint density at radius 3 is 2.93 bits per heavy atom. The first-order valence-electron chi connectivity index (χ1n) is 9.98. The second kappa shape index (κ2) is 8.13. The second-order valence-electron chi connectivity index (χ2n) is 7.94. The van der Waals surface area contributed by atoms with Crippen LogP contribution in [0.2, 0.25) is 0 Å². The normalized spacial score (nSPS) is 13.5. The number of carbonyl (C=O) groups excluding carboxylic acids is 2. The van der Waals surface area contributed by atoms with Crippen LogP contribution in [0.25, 0.3) is 0 Å². The van der Waals surface area contributed by atoms with Crippen LogP contribution in [-0.4, -0.2) is 48.2 Å². The van der Waals surface area contributed by atoms with E-state index < -0.39 is 0 Å². The van der Waals surface area contributed by atoms with Crippen LogP contribution in [0.4, 0.5) is 0 Å². The molecule has 0 atom stereocenters. The van der Waals surface area contributed by atoms with Crippen LogP contribution in [0.1, 0.15) is 57.5 Å². The molecular weight excluding hydrogens is 386 g/mol. The molecule has 4 heterocycles. The molecule has 3 aromatic heterocycles. The van der Waals surface area contributed by atoms with Crippen molar-refractivity contribution in [2.75, 3.05) is 6.54 Å². The number of imidazole rings is 1. The number of hydrogen-bond donors (Lipinski definition) is 2. The van der Waals surface area contributed by atoms with E-state index >= 15 is 0 Å². The lowest BCUT2D eigenvalue weighted by atomic mass is 10.0. The molecule has 1 aliphatic rings. The van der Waals surface area contributed by atoms with Crippen molar-refractivity contribution in [1.29, 1.82) is 0 Å². The molecule has 3 aromatic rings. The molecule has 10 nitrogen and oxygen atoms in total. The lowest BCUT2D eigenvalue weighted by molar-refractivity contribution is 0.0722. The van der Waals surface area contributed by atoms with Crippen molar-refractivity contribution in [3.63, 3.8) is 0 Å². The molecule has 0 spiro atoms. The molecule has 0 bridgehead atoms. The van der Waals surface area contributed by atoms with E-state index in [1.54, 1.807) is 30.4 Å². The highest BCUT2D eigenvalue weighted by atomic mass is 16.5. The molecule has 0 aliphatic carbocycles. The van der Waals surface area contributed by atoms with E-state index in [2.05, 4.69) is 39.5 Å². The van der Waals surface area contributed by atoms with Crippen LogP contribution in [0.15, 0.2) is 23.1 Å². The van der Waals surface area contributed by atoms with Crippen molar-refractivity contribution in [1.82, 2.24) is 35.1 Å². The summed E-state index contributed by atoms with van der Waals surface area (Å²) in [5.41, 5.74) is 3.23. The average molecular weight is 411 g/mol. The van der Waals surface area contributed by atoms with Gasteiger partial charge in [0.05, 0.1) is 30.8 Å². The molecule has 2 amide bonds. The van der Waals surface area contributed by atoms with Gasteiger partial charge in [-0.2, -0.15) is 5.10 Å². The maximum Gasteiger partial charge on any atom is 0.276 e. The van der Waals surface area contributed by atoms with Crippen LogP contribution >= 0.6 is 0 Å². The highest BCUT2D eigenvalue weighted by molar-refractivity contribution is 5.95. The van der Waals surface area contributed by atoms with Crippen LogP contribution in [0, 0.1) is 12.8 Å². The Hall–Kier alpha value is -3.43. The average Bonchev–Trinajstić information content (AvgIpc) is 3.44. The number of amides is 2. The number of carbonyl (C=O) groups is 2. The maximum atomic E-state index is 12.7. The minimum Gasteiger partial charge on any atom is -0.361 e. The largest absolute Gasteiger partial charge is 0.361 e. The van der Waals surface area contributed by atoms with Crippen LogP contribution in [-0.2, 0) is 26.1 Å². The number of H-pyrrole nitrogens is 1. The van der Waals surface area contributed by atoms with Gasteiger partial charge in [0.2, 0.25) is 0 Å². The SMILES string of the molecule is Cc1cc(C(=O)N2CCc3c(C(=O)NCc4cncn4CC(C)C)n[nH]c3C2)no1. The zero-order chi connectivity index (χ0) is 21.3. The van der Waals surface area contributed by atoms with Gasteiger partial charge in [-0.25, -0.2) is 4.98 Å². The highest BCUT2D eigenvalue weighted by Gasteiger charge is 2.29. The van der Waals surface area contributed by atoms with E-state index in [1.807, 2.05) is 4.57 Å². The van der Waals surface area contributed by atoms with Crippen molar-refractivity contribution >= 4 is 11.8 Å². The summed E-state index contributed by atoms with van der Waals surface area (Å²) >= 11 is 0. The fourth-order valence-electron chi connectivity index (χ4n) is 3.62. The minimum atomic E-state index is -0.239. The lowest BCUT2D eigenvalue weighted by Gasteiger charge is -2.25. The Labute approximate surface area is 173 Å². The molecule has 10 heteroatoms. The Bertz CT molecular complexity index is 1060. The van der Waals surface area contributed by atoms with Crippen molar-refractivity contribution in [2.45, 2.75) is 46.8 Å². The van der Waals surface area contributed by atoms with E-state index in [-0.39, 0.29) is 17.5 Å². The summed E-state index contributed by atoms with van der Waals surface area (Å²) in [7, 11) is 0. The monoisotopic (exact) mass is 411 g/mol. The predicted octanol–water partition coefficient (Wildman–Crippen LogP) is 1.69. The second-order valence-corrected chi connectivity index (χ2v) is 7.94. The molecule has 30 heavy (non-hydrogen) atoms. The Kier molecular flexibility index (Phi) is 5.39. The molecule has 0 unspecified atom stereocenters. The number of nitrogens with zero attached hydrogens (tertiary/aromatic N) is 5. The third kappa shape index (κ3) is 3.98. The Balaban J connectivity index is 1.41. The molecule has 0 aromatic carbocycles. The van der Waals surface area contributed by atoms with Crippen molar-refractivity contribution in [3.05, 3.63) is 52.7 Å². The summed E-state index contributed by atoms with van der Waals surface area (Å²) in [6.07, 6.45) is 4.08. The fraction of sp³-hybridized carbons (Fsp3) is 0.450. The van der Waals surface area contributed by atoms with Gasteiger partial charge < -0.3 is 19.3 Å². The number of aromatic nitrogens is 5. The quantitative estimate of drug-likeness (QED) is 0.636. The molecule has 0 radical (unpaired) electrons. The third-order valence-electron chi connectivity index (χ3n) is 5.07. The number of fused-ring (bicyclic) bond motifs is 1. The van der Waals surface area contributed by atoms with E-state index in [9.17, 15) is 9.59 Å². The van der Waals surface area contributed by atoms with Gasteiger partial charge in [-0.05, 0) is 19.3 Å². The van der Waals surface area contributed by atoms with E-state index in [1.165, 1.54) is 0 Å². The number of hydrogen-bond acceptors (Lipinski definition) is 6. The van der Waals surface area contributed by atoms with Gasteiger partial charge in [0.15, 0.2) is 11.4 Å². The Morgan fingerprint density at radius 2 is 2.20 bits per heavy atom. The van der Waals surface area contributed by atoms with Gasteiger partial charge in [-0.1, -0.05) is 19.0 Å². The number of rotatable bonds is 6. The van der Waals surface area contributed by atoms with Gasteiger partial charge in [-0.3, -0.25) is 14.7 Å². The molecule has 0 saturated heterocycles. The van der Waals surface area contributed by atoms with E-state index in [0.717, 1.165) is 23.5 Å². The van der Waals surface area contributed by atoms with E-state index in [4.69, 9.17) is 4.52 Å². The van der Waals surface area contributed by atoms with Crippen molar-refractivity contribution < 1.29 is 14.1 Å². The standard InChI is InChI=1S/C20H25N7O3/c1-12(2)9-27-11-21-7-14(27)8-22-19(28)18-15-4-5-26(10-17(15)23-24-18)20(29)16-6-13(3)30-25-16/h6-7,11-12H,4-5,8-10H2,1-3H3,(H,22,28)(H,23,24). The topological polar surface area (TPSA) is 122 Å². The minimum absolute atomic E-state index is 0.198. The highest BCUT2D eigenvalue weighted by Crippen LogP contribution is 2.22. The molecular formula is C20H25N7O3. The first-order chi connectivity index (χ1) is 14.4. The van der Waals surface area contributed by atoms with Gasteiger partial charge >= 0.3 is 0 Å². The summed E-state index contributed by atoms with van der Waals surface area (Å²) in [5.74, 6) is 0.637. The van der Waals surface area contributed by atoms with Crippen LogP contribution in [0.3, 0.4) is 0 Å². The molecule has 0 saturated carbocycles. The number of aryl methyl sites for hydroxylation is 1. The van der Waals surface area contributed by atoms with Gasteiger partial charge in [0, 0.05) is 30.9 Å². The zero-order valence-corrected chi connectivity index (χ0v) is 17.3. The summed E-state index contributed by atoms with van der Waals surface area (Å²) in [4.78, 5) is 31.2. The summed E-state index contributed by atoms with van der Waals surface area (Å²) in [6, 6.07) is 1.62. The van der Waals surface area contributed by atoms with Crippen molar-refractivity contribution in [3.8, 4) is 0 Å². The van der Waals surface area contributed by atoms with E-state index in [0.29, 0.717) is 43.4 Å². The lowest BCUT2D eigenvalue weighted by Crippen LogP contribution is -2.36. The molecule has 1 aliphatic heterocycles. The van der Waals surface area contributed by atoms with Crippen LogP contribution in [0.5, 0.6) is 0 Å². The fourth-order valence-corrected chi connectivity index (χ4v) is 3.62. The number of nitrogens with one attached hydrogen (secondary N) is 2. The van der Waals surface area contributed by atoms with Crippen LogP contribution < -0.4 is 5.32 Å². The first kappa shape index (κ1) is 19.9. The maximum absolute atomic E-state index is 12.7. The number of aromatic amines is 1. The summed E-state index contributed by atoms with van der Waals surface area (Å²) in [6.45, 7) is 8.07. The molecule has 2 N–H and O–H groups in total. The zero-order valence-electron chi connectivity index (χ0n) is 17.3. The Morgan fingerprint density at radius 1 is 1.37 bits per heavy atom. The third-order valence-corrected chi connectivity index (χ3v) is 5.07. The smallest absolute Gasteiger partial charge is 0.276 e. The van der Waals surface area contributed by atoms with Gasteiger partial charge in [-0.15, -0.1) is 0 Å². The van der Waals surface area contributed by atoms with Gasteiger partial charge in [0.25, 0.3) is 11.8 Å². The summed E-state index contributed by atoms with van der Waals surface area (Å²) < 4.78 is 7.03. The molecule has 158 valence electrons. The molecule has 0 fully saturated rings. The predicted molar refractivity (Wildman–Crippen MR) is 107 cm³/mol. The first-order valence-corrected chi connectivity index (χ1v) is 9.98.